The second-order valence-electron chi connectivity index (χ2n) is 4.65. The Hall–Kier alpha value is -2.08. The highest BCUT2D eigenvalue weighted by molar-refractivity contribution is 8.04. The molecule has 2 aromatic carbocycles. The van der Waals surface area contributed by atoms with Crippen LogP contribution in [0.25, 0.3) is 0 Å². The van der Waals surface area contributed by atoms with Gasteiger partial charge in [0.25, 0.3) is 0 Å². The van der Waals surface area contributed by atoms with Crippen molar-refractivity contribution in [3.05, 3.63) is 47.5 Å². The van der Waals surface area contributed by atoms with Crippen LogP contribution in [0, 0.1) is 21.3 Å². The Morgan fingerprint density at radius 2 is 1.29 bits per heavy atom. The third-order valence-electron chi connectivity index (χ3n) is 3.41. The molecule has 0 amide bonds. The van der Waals surface area contributed by atoms with Gasteiger partial charge in [0, 0.05) is 21.2 Å². The summed E-state index contributed by atoms with van der Waals surface area (Å²) in [6.45, 7) is 0. The highest BCUT2D eigenvalue weighted by Crippen LogP contribution is 2.34. The molecule has 1 N–H and O–H groups in total. The molecule has 0 fully saturated rings. The first kappa shape index (κ1) is 13.9. The number of thiocyanates is 2. The van der Waals surface area contributed by atoms with E-state index in [0.717, 1.165) is 34.0 Å². The van der Waals surface area contributed by atoms with Crippen molar-refractivity contribution in [1.82, 2.24) is 0 Å². The van der Waals surface area contributed by atoms with Gasteiger partial charge in [0.15, 0.2) is 0 Å². The van der Waals surface area contributed by atoms with Gasteiger partial charge in [-0.25, -0.2) is 0 Å². The summed E-state index contributed by atoms with van der Waals surface area (Å²) < 4.78 is 0. The second kappa shape index (κ2) is 6.13. The first-order valence-electron chi connectivity index (χ1n) is 6.45. The molecule has 1 heterocycles. The van der Waals surface area contributed by atoms with Crippen LogP contribution in [-0.2, 0) is 12.8 Å². The first-order chi connectivity index (χ1) is 10.3. The predicted octanol–water partition coefficient (Wildman–Crippen LogP) is 4.68. The minimum atomic E-state index is 0.926. The summed E-state index contributed by atoms with van der Waals surface area (Å²) in [4.78, 5) is 1.95. The van der Waals surface area contributed by atoms with Gasteiger partial charge in [0.05, 0.1) is 0 Å². The summed E-state index contributed by atoms with van der Waals surface area (Å²) in [5.41, 5.74) is 4.63. The number of nitriles is 2. The lowest BCUT2D eigenvalue weighted by Crippen LogP contribution is -1.93. The van der Waals surface area contributed by atoms with E-state index >= 15 is 0 Å². The molecule has 3 rings (SSSR count). The van der Waals surface area contributed by atoms with Gasteiger partial charge in [-0.3, -0.25) is 0 Å². The minimum absolute atomic E-state index is 0.926. The molecule has 1 aliphatic heterocycles. The Labute approximate surface area is 132 Å². The Balaban J connectivity index is 1.93. The van der Waals surface area contributed by atoms with Gasteiger partial charge >= 0.3 is 0 Å². The van der Waals surface area contributed by atoms with Crippen molar-refractivity contribution in [2.75, 3.05) is 5.32 Å². The van der Waals surface area contributed by atoms with Gasteiger partial charge in [0.1, 0.15) is 10.8 Å². The maximum Gasteiger partial charge on any atom is 0.138 e. The lowest BCUT2D eigenvalue weighted by molar-refractivity contribution is 0.968. The molecule has 0 spiro atoms. The van der Waals surface area contributed by atoms with Crippen LogP contribution in [0.15, 0.2) is 46.2 Å². The second-order valence-corrected chi connectivity index (χ2v) is 6.37. The average Bonchev–Trinajstić information content (AvgIpc) is 2.67. The van der Waals surface area contributed by atoms with E-state index in [1.165, 1.54) is 34.7 Å². The molecule has 0 atom stereocenters. The van der Waals surface area contributed by atoms with Crippen molar-refractivity contribution in [2.45, 2.75) is 22.6 Å². The van der Waals surface area contributed by atoms with Gasteiger partial charge in [-0.1, -0.05) is 0 Å². The fourth-order valence-corrected chi connectivity index (χ4v) is 3.33. The van der Waals surface area contributed by atoms with Crippen LogP contribution in [0.2, 0.25) is 0 Å². The molecule has 21 heavy (non-hydrogen) atoms. The summed E-state index contributed by atoms with van der Waals surface area (Å²) >= 11 is 2.37. The summed E-state index contributed by atoms with van der Waals surface area (Å²) in [5, 5.41) is 25.2. The number of rotatable bonds is 2. The molecule has 0 bridgehead atoms. The van der Waals surface area contributed by atoms with Crippen LogP contribution in [-0.4, -0.2) is 0 Å². The topological polar surface area (TPSA) is 59.6 Å². The molecule has 0 saturated carbocycles. The van der Waals surface area contributed by atoms with E-state index in [9.17, 15) is 0 Å². The molecule has 3 nitrogen and oxygen atoms in total. The highest BCUT2D eigenvalue weighted by atomic mass is 32.2. The molecule has 0 radical (unpaired) electrons. The van der Waals surface area contributed by atoms with Crippen molar-refractivity contribution >= 4 is 34.9 Å². The summed E-state index contributed by atoms with van der Waals surface area (Å²) in [5.74, 6) is 0. The van der Waals surface area contributed by atoms with Crippen molar-refractivity contribution in [3.8, 4) is 10.8 Å². The molecule has 0 aromatic heterocycles. The van der Waals surface area contributed by atoms with Gasteiger partial charge in [-0.05, 0) is 83.9 Å². The van der Waals surface area contributed by atoms with Crippen molar-refractivity contribution in [2.24, 2.45) is 0 Å². The van der Waals surface area contributed by atoms with Crippen molar-refractivity contribution in [3.63, 3.8) is 0 Å². The number of aryl methyl sites for hydroxylation is 2. The Morgan fingerprint density at radius 3 is 1.71 bits per heavy atom. The van der Waals surface area contributed by atoms with Crippen LogP contribution in [0.3, 0.4) is 0 Å². The van der Waals surface area contributed by atoms with Crippen LogP contribution < -0.4 is 5.32 Å². The number of hydrogen-bond donors (Lipinski definition) is 1. The largest absolute Gasteiger partial charge is 0.355 e. The Kier molecular flexibility index (Phi) is 4.06. The van der Waals surface area contributed by atoms with Crippen LogP contribution >= 0.6 is 23.5 Å². The number of anilines is 2. The zero-order valence-electron chi connectivity index (χ0n) is 11.1. The maximum absolute atomic E-state index is 8.77. The molecule has 102 valence electrons. The zero-order valence-corrected chi connectivity index (χ0v) is 12.7. The molecule has 5 heteroatoms. The van der Waals surface area contributed by atoms with E-state index in [0.29, 0.717) is 0 Å². The van der Waals surface area contributed by atoms with Gasteiger partial charge in [-0.2, -0.15) is 10.5 Å². The Bertz CT molecular complexity index is 707. The summed E-state index contributed by atoms with van der Waals surface area (Å²) in [6, 6.07) is 12.1. The lowest BCUT2D eigenvalue weighted by Gasteiger charge is -2.10. The van der Waals surface area contributed by atoms with E-state index < -0.39 is 0 Å². The first-order valence-corrected chi connectivity index (χ1v) is 8.08. The zero-order chi connectivity index (χ0) is 14.7. The molecule has 1 aliphatic rings. The SMILES string of the molecule is N#CSc1ccc2c(c1)CCc1cc(SC#N)ccc1N2. The van der Waals surface area contributed by atoms with Gasteiger partial charge < -0.3 is 5.32 Å². The number of nitrogens with zero attached hydrogens (tertiary/aromatic N) is 2. The number of hydrogen-bond acceptors (Lipinski definition) is 5. The Morgan fingerprint density at radius 1 is 0.810 bits per heavy atom. The van der Waals surface area contributed by atoms with Crippen LogP contribution in [0.4, 0.5) is 11.4 Å². The van der Waals surface area contributed by atoms with Crippen LogP contribution in [0.1, 0.15) is 11.1 Å². The molecule has 2 aromatic rings. The van der Waals surface area contributed by atoms with Crippen molar-refractivity contribution in [1.29, 1.82) is 10.5 Å². The van der Waals surface area contributed by atoms with Gasteiger partial charge in [-0.15, -0.1) is 0 Å². The number of fused-ring (bicyclic) bond motifs is 2. The molecule has 0 saturated heterocycles. The lowest BCUT2D eigenvalue weighted by atomic mass is 10.0. The average molecular weight is 309 g/mol. The number of thioether (sulfide) groups is 2. The van der Waals surface area contributed by atoms with E-state index in [-0.39, 0.29) is 0 Å². The minimum Gasteiger partial charge on any atom is -0.355 e. The molecule has 0 aliphatic carbocycles. The third-order valence-corrected chi connectivity index (χ3v) is 4.58. The monoisotopic (exact) mass is 309 g/mol. The van der Waals surface area contributed by atoms with Gasteiger partial charge in [0.2, 0.25) is 0 Å². The van der Waals surface area contributed by atoms with E-state index in [2.05, 4.69) is 28.3 Å². The molecular formula is C16H11N3S2. The molecular weight excluding hydrogens is 298 g/mol. The van der Waals surface area contributed by atoms with E-state index in [1.807, 2.05) is 24.3 Å². The number of benzene rings is 2. The van der Waals surface area contributed by atoms with Crippen molar-refractivity contribution < 1.29 is 0 Å². The normalized spacial score (nSPS) is 12.1. The standard InChI is InChI=1S/C16H11N3S2/c17-9-20-13-3-5-15-11(7-13)1-2-12-8-14(21-10-18)4-6-16(12)19-15/h3-8,19H,1-2H2. The summed E-state index contributed by atoms with van der Waals surface area (Å²) in [6.07, 6.45) is 1.85. The number of nitrogens with one attached hydrogen (secondary N) is 1. The molecule has 0 unspecified atom stereocenters. The van der Waals surface area contributed by atoms with E-state index in [4.69, 9.17) is 10.5 Å². The smallest absolute Gasteiger partial charge is 0.138 e. The highest BCUT2D eigenvalue weighted by Gasteiger charge is 2.14. The fraction of sp³-hybridized carbons (Fsp3) is 0.125. The predicted molar refractivity (Wildman–Crippen MR) is 86.5 cm³/mol. The maximum atomic E-state index is 8.77. The third kappa shape index (κ3) is 3.00. The van der Waals surface area contributed by atoms with Crippen LogP contribution in [0.5, 0.6) is 0 Å². The van der Waals surface area contributed by atoms with E-state index in [1.54, 1.807) is 0 Å². The quantitative estimate of drug-likeness (QED) is 0.645. The summed E-state index contributed by atoms with van der Waals surface area (Å²) in [7, 11) is 0. The fourth-order valence-electron chi connectivity index (χ4n) is 2.44.